The lowest BCUT2D eigenvalue weighted by Crippen LogP contribution is -2.54. The third kappa shape index (κ3) is 6.87. The standard InChI is InChI=1S/C27H32N4O7/c1-27(2,3)38-26(34)29-20(14-17-10-7-6-8-11-17)24(32)30(4)22(25(33)37-5)15-18-16-28-19-12-9-13-21(23(18)19)31(35)36/h6-13,16,20,22,28H,14-15H2,1-5H3,(H,29,34)/t20-,22-/m0/s1. The number of nitro benzene ring substituents is 1. The number of carbonyl (C=O) groups excluding carboxylic acids is 3. The molecule has 0 saturated carbocycles. The number of rotatable bonds is 9. The van der Waals surface area contributed by atoms with E-state index in [-0.39, 0.29) is 18.5 Å². The molecule has 11 heteroatoms. The Morgan fingerprint density at radius 2 is 1.76 bits per heavy atom. The highest BCUT2D eigenvalue weighted by Gasteiger charge is 2.35. The zero-order valence-corrected chi connectivity index (χ0v) is 22.0. The first-order valence-electron chi connectivity index (χ1n) is 12.0. The molecule has 1 heterocycles. The summed E-state index contributed by atoms with van der Waals surface area (Å²) < 4.78 is 10.3. The van der Waals surface area contributed by atoms with Gasteiger partial charge in [-0.05, 0) is 38.0 Å². The number of alkyl carbamates (subject to hydrolysis) is 1. The number of carbonyl (C=O) groups is 3. The summed E-state index contributed by atoms with van der Waals surface area (Å²) in [6, 6.07) is 11.6. The monoisotopic (exact) mass is 524 g/mol. The number of methoxy groups -OCH3 is 1. The van der Waals surface area contributed by atoms with Crippen molar-refractivity contribution >= 4 is 34.6 Å². The van der Waals surface area contributed by atoms with Gasteiger partial charge >= 0.3 is 12.1 Å². The Kier molecular flexibility index (Phi) is 8.72. The fourth-order valence-corrected chi connectivity index (χ4v) is 4.17. The van der Waals surface area contributed by atoms with Gasteiger partial charge in [-0.15, -0.1) is 0 Å². The Morgan fingerprint density at radius 1 is 1.08 bits per heavy atom. The van der Waals surface area contributed by atoms with Crippen LogP contribution in [0.1, 0.15) is 31.9 Å². The maximum absolute atomic E-state index is 13.7. The molecule has 202 valence electrons. The lowest BCUT2D eigenvalue weighted by Gasteiger charge is -2.30. The van der Waals surface area contributed by atoms with Crippen molar-refractivity contribution in [3.8, 4) is 0 Å². The van der Waals surface area contributed by atoms with Crippen LogP contribution in [0.4, 0.5) is 10.5 Å². The summed E-state index contributed by atoms with van der Waals surface area (Å²) >= 11 is 0. The van der Waals surface area contributed by atoms with E-state index in [0.29, 0.717) is 16.5 Å². The van der Waals surface area contributed by atoms with E-state index in [2.05, 4.69) is 10.3 Å². The normalized spacial score (nSPS) is 12.9. The van der Waals surface area contributed by atoms with E-state index in [4.69, 9.17) is 9.47 Å². The van der Waals surface area contributed by atoms with Crippen LogP contribution in [0.25, 0.3) is 10.9 Å². The molecular formula is C27H32N4O7. The maximum Gasteiger partial charge on any atom is 0.408 e. The van der Waals surface area contributed by atoms with E-state index >= 15 is 0 Å². The Bertz CT molecular complexity index is 1310. The summed E-state index contributed by atoms with van der Waals surface area (Å²) in [5, 5.41) is 14.6. The first-order valence-corrected chi connectivity index (χ1v) is 12.0. The first kappa shape index (κ1) is 28.2. The molecule has 2 N–H and O–H groups in total. The first-order chi connectivity index (χ1) is 17.9. The average Bonchev–Trinajstić information content (AvgIpc) is 3.28. The SMILES string of the molecule is COC(=O)[C@H](Cc1c[nH]c2cccc([N+](=O)[O-])c12)N(C)C(=O)[C@H](Cc1ccccc1)NC(=O)OC(C)(C)C. The summed E-state index contributed by atoms with van der Waals surface area (Å²) in [6.07, 6.45) is 0.897. The molecule has 0 aliphatic carbocycles. The number of aromatic amines is 1. The van der Waals surface area contributed by atoms with Crippen LogP contribution in [0.15, 0.2) is 54.7 Å². The highest BCUT2D eigenvalue weighted by atomic mass is 16.6. The summed E-state index contributed by atoms with van der Waals surface area (Å²) in [6.45, 7) is 5.13. The van der Waals surface area contributed by atoms with Crippen molar-refractivity contribution in [2.24, 2.45) is 0 Å². The molecule has 0 saturated heterocycles. The van der Waals surface area contributed by atoms with Crippen LogP contribution in [0.5, 0.6) is 0 Å². The van der Waals surface area contributed by atoms with Crippen LogP contribution in [-0.2, 0) is 31.9 Å². The minimum absolute atomic E-state index is 0.0513. The van der Waals surface area contributed by atoms with Gasteiger partial charge in [0, 0.05) is 32.2 Å². The number of esters is 1. The van der Waals surface area contributed by atoms with Crippen molar-refractivity contribution in [1.29, 1.82) is 0 Å². The summed E-state index contributed by atoms with van der Waals surface area (Å²) in [4.78, 5) is 54.5. The molecule has 0 radical (unpaired) electrons. The van der Waals surface area contributed by atoms with E-state index in [1.807, 2.05) is 30.3 Å². The van der Waals surface area contributed by atoms with Gasteiger partial charge < -0.3 is 24.7 Å². The number of non-ortho nitro benzene ring substituents is 1. The van der Waals surface area contributed by atoms with Gasteiger partial charge in [-0.25, -0.2) is 9.59 Å². The number of H-pyrrole nitrogens is 1. The van der Waals surface area contributed by atoms with Gasteiger partial charge in [0.1, 0.15) is 17.7 Å². The van der Waals surface area contributed by atoms with Crippen molar-refractivity contribution in [3.05, 3.63) is 76.0 Å². The van der Waals surface area contributed by atoms with E-state index in [0.717, 1.165) is 5.56 Å². The number of amides is 2. The van der Waals surface area contributed by atoms with Crippen LogP contribution >= 0.6 is 0 Å². The molecule has 0 spiro atoms. The van der Waals surface area contributed by atoms with Crippen LogP contribution < -0.4 is 5.32 Å². The van der Waals surface area contributed by atoms with E-state index in [1.165, 1.54) is 25.1 Å². The van der Waals surface area contributed by atoms with Crippen molar-refractivity contribution < 1.29 is 28.8 Å². The predicted octanol–water partition coefficient (Wildman–Crippen LogP) is 3.75. The third-order valence-electron chi connectivity index (χ3n) is 5.94. The second-order valence-corrected chi connectivity index (χ2v) is 9.85. The molecule has 11 nitrogen and oxygen atoms in total. The van der Waals surface area contributed by atoms with Gasteiger partial charge in [0.2, 0.25) is 5.91 Å². The summed E-state index contributed by atoms with van der Waals surface area (Å²) in [5.41, 5.74) is 0.888. The Morgan fingerprint density at radius 3 is 2.37 bits per heavy atom. The lowest BCUT2D eigenvalue weighted by molar-refractivity contribution is -0.383. The zero-order chi connectivity index (χ0) is 28.0. The molecule has 2 aromatic carbocycles. The van der Waals surface area contributed by atoms with Crippen molar-refractivity contribution in [1.82, 2.24) is 15.2 Å². The molecule has 2 atom stereocenters. The Balaban J connectivity index is 1.93. The van der Waals surface area contributed by atoms with Crippen LogP contribution in [0.2, 0.25) is 0 Å². The number of nitrogens with one attached hydrogen (secondary N) is 2. The van der Waals surface area contributed by atoms with E-state index in [1.54, 1.807) is 39.1 Å². The van der Waals surface area contributed by atoms with Crippen molar-refractivity contribution in [2.75, 3.05) is 14.2 Å². The van der Waals surface area contributed by atoms with Crippen molar-refractivity contribution in [3.63, 3.8) is 0 Å². The Labute approximate surface area is 220 Å². The molecule has 38 heavy (non-hydrogen) atoms. The van der Waals surface area contributed by atoms with E-state index < -0.39 is 40.6 Å². The number of likely N-dealkylation sites (N-methyl/N-ethyl adjacent to an activating group) is 1. The third-order valence-corrected chi connectivity index (χ3v) is 5.94. The van der Waals surface area contributed by atoms with Gasteiger partial charge in [0.25, 0.3) is 5.69 Å². The quantitative estimate of drug-likeness (QED) is 0.246. The highest BCUT2D eigenvalue weighted by molar-refractivity contribution is 5.93. The number of aromatic nitrogens is 1. The summed E-state index contributed by atoms with van der Waals surface area (Å²) in [7, 11) is 2.63. The van der Waals surface area contributed by atoms with Gasteiger partial charge in [0.05, 0.1) is 22.9 Å². The van der Waals surface area contributed by atoms with E-state index in [9.17, 15) is 24.5 Å². The largest absolute Gasteiger partial charge is 0.467 e. The van der Waals surface area contributed by atoms with Gasteiger partial charge in [-0.2, -0.15) is 0 Å². The smallest absolute Gasteiger partial charge is 0.408 e. The number of nitro groups is 1. The number of hydrogen-bond acceptors (Lipinski definition) is 7. The average molecular weight is 525 g/mol. The number of nitrogens with zero attached hydrogens (tertiary/aromatic N) is 2. The molecule has 0 aliphatic rings. The van der Waals surface area contributed by atoms with Gasteiger partial charge in [-0.3, -0.25) is 14.9 Å². The maximum atomic E-state index is 13.7. The molecule has 3 rings (SSSR count). The zero-order valence-electron chi connectivity index (χ0n) is 22.0. The minimum Gasteiger partial charge on any atom is -0.467 e. The molecule has 3 aromatic rings. The molecular weight excluding hydrogens is 492 g/mol. The molecule has 0 fully saturated rings. The number of benzene rings is 2. The van der Waals surface area contributed by atoms with Crippen LogP contribution in [0, 0.1) is 10.1 Å². The van der Waals surface area contributed by atoms with Crippen LogP contribution in [-0.4, -0.2) is 64.6 Å². The van der Waals surface area contributed by atoms with Gasteiger partial charge in [-0.1, -0.05) is 36.4 Å². The number of ether oxygens (including phenoxy) is 2. The topological polar surface area (TPSA) is 144 Å². The predicted molar refractivity (Wildman–Crippen MR) is 141 cm³/mol. The number of hydrogen-bond donors (Lipinski definition) is 2. The molecule has 2 amide bonds. The second-order valence-electron chi connectivity index (χ2n) is 9.85. The summed E-state index contributed by atoms with van der Waals surface area (Å²) in [5.74, 6) is -1.26. The molecule has 0 unspecified atom stereocenters. The molecule has 0 bridgehead atoms. The molecule has 1 aromatic heterocycles. The van der Waals surface area contributed by atoms with Gasteiger partial charge in [0.15, 0.2) is 0 Å². The minimum atomic E-state index is -1.12. The number of fused-ring (bicyclic) bond motifs is 1. The van der Waals surface area contributed by atoms with Crippen molar-refractivity contribution in [2.45, 2.75) is 51.3 Å². The Hall–Kier alpha value is -4.41. The fraction of sp³-hybridized carbons (Fsp3) is 0.370. The molecule has 0 aliphatic heterocycles. The lowest BCUT2D eigenvalue weighted by atomic mass is 10.0. The highest BCUT2D eigenvalue weighted by Crippen LogP contribution is 2.30. The fourth-order valence-electron chi connectivity index (χ4n) is 4.17. The van der Waals surface area contributed by atoms with Crippen LogP contribution in [0.3, 0.4) is 0 Å². The second kappa shape index (κ2) is 11.8.